The summed E-state index contributed by atoms with van der Waals surface area (Å²) in [5.41, 5.74) is -19.1. The topological polar surface area (TPSA) is 28.1 Å². The molecule has 2 nitrogen and oxygen atoms in total. The predicted molar refractivity (Wildman–Crippen MR) is 186 cm³/mol. The van der Waals surface area contributed by atoms with E-state index in [0.29, 0.717) is 36.4 Å². The smallest absolute Gasteiger partial charge is 0.237 e. The highest BCUT2D eigenvalue weighted by molar-refractivity contribution is 5.86. The van der Waals surface area contributed by atoms with Crippen LogP contribution in [-0.2, 0) is 37.1 Å². The van der Waals surface area contributed by atoms with Crippen molar-refractivity contribution >= 4 is 11.3 Å². The number of nitriles is 1. The van der Waals surface area contributed by atoms with Crippen molar-refractivity contribution in [3.63, 3.8) is 0 Å². The Balaban J connectivity index is 2.21. The van der Waals surface area contributed by atoms with Crippen molar-refractivity contribution in [3.8, 4) is 28.3 Å². The van der Waals surface area contributed by atoms with Gasteiger partial charge in [-0.15, -0.1) is 0 Å². The average molecular weight is 895 g/mol. The van der Waals surface area contributed by atoms with E-state index in [1.165, 1.54) is 6.07 Å². The molecule has 0 saturated carbocycles. The Labute approximate surface area is 337 Å². The van der Waals surface area contributed by atoms with Crippen LogP contribution >= 0.6 is 0 Å². The molecule has 0 aromatic heterocycles. The molecule has 5 rings (SSSR count). The molecule has 0 aliphatic rings. The summed E-state index contributed by atoms with van der Waals surface area (Å²) < 4.78 is 254. The maximum atomic E-state index is 14.2. The van der Waals surface area contributed by atoms with Crippen molar-refractivity contribution in [1.29, 1.82) is 5.26 Å². The Morgan fingerprint density at radius 3 is 1.15 bits per heavy atom. The van der Waals surface area contributed by atoms with E-state index < -0.39 is 126 Å². The molecule has 0 radical (unpaired) electrons. The summed E-state index contributed by atoms with van der Waals surface area (Å²) in [7, 11) is 0. The van der Waals surface area contributed by atoms with Gasteiger partial charge in [-0.1, -0.05) is 30.3 Å². The van der Waals surface area contributed by atoms with E-state index in [4.69, 9.17) is 6.57 Å². The third-order valence-corrected chi connectivity index (χ3v) is 9.07. The molecule has 5 aromatic carbocycles. The number of rotatable bonds is 4. The third kappa shape index (κ3) is 10.0. The van der Waals surface area contributed by atoms with Crippen LogP contribution in [0.3, 0.4) is 0 Å². The van der Waals surface area contributed by atoms with Crippen molar-refractivity contribution in [3.05, 3.63) is 162 Å². The summed E-state index contributed by atoms with van der Waals surface area (Å²) in [6.45, 7) is 10.1. The number of benzene rings is 5. The zero-order chi connectivity index (χ0) is 46.7. The van der Waals surface area contributed by atoms with Gasteiger partial charge in [-0.05, 0) is 118 Å². The minimum atomic E-state index is -5.58. The van der Waals surface area contributed by atoms with Crippen LogP contribution < -0.4 is 10.4 Å². The third-order valence-electron chi connectivity index (χ3n) is 9.07. The number of halogens is 18. The first-order valence-corrected chi connectivity index (χ1v) is 16.9. The Hall–Kier alpha value is -6.44. The highest BCUT2D eigenvalue weighted by Gasteiger charge is 2.39. The summed E-state index contributed by atoms with van der Waals surface area (Å²) in [5, 5.41) is 8.63. The quantitative estimate of drug-likeness (QED) is 0.130. The monoisotopic (exact) mass is 894 g/mol. The SMILES string of the molecule is [C-]#[N+]/C(c1cc(C(F)(F)F)cc(C(F)(F)F)c1)=c1/cc(-c2cc(C(F)(F)F)cc(C(F)(F)F)c2)/c(=C(\C#N)c2cc(C)cc(C(F)(F)F)c2)cc1-c1cc(C)cc(C(F)(F)F)c1. The Morgan fingerprint density at radius 1 is 0.419 bits per heavy atom. The van der Waals surface area contributed by atoms with E-state index >= 15 is 0 Å². The lowest BCUT2D eigenvalue weighted by atomic mass is 9.88. The van der Waals surface area contributed by atoms with Crippen LogP contribution in [0.2, 0.25) is 0 Å². The van der Waals surface area contributed by atoms with E-state index in [2.05, 4.69) is 4.85 Å². The van der Waals surface area contributed by atoms with E-state index in [0.717, 1.165) is 26.0 Å². The van der Waals surface area contributed by atoms with Gasteiger partial charge in [-0.3, -0.25) is 0 Å². The van der Waals surface area contributed by atoms with Crippen LogP contribution in [0.25, 0.3) is 38.4 Å². The second kappa shape index (κ2) is 15.8. The van der Waals surface area contributed by atoms with Crippen molar-refractivity contribution in [2.45, 2.75) is 50.9 Å². The fourth-order valence-electron chi connectivity index (χ4n) is 6.44. The number of aryl methyl sites for hydroxylation is 2. The van der Waals surface area contributed by atoms with Crippen molar-refractivity contribution in [1.82, 2.24) is 0 Å². The number of hydrogen-bond donors (Lipinski definition) is 0. The van der Waals surface area contributed by atoms with Gasteiger partial charge >= 0.3 is 37.1 Å². The van der Waals surface area contributed by atoms with Crippen molar-refractivity contribution in [2.75, 3.05) is 0 Å². The largest absolute Gasteiger partial charge is 0.416 e. The zero-order valence-electron chi connectivity index (χ0n) is 30.8. The van der Waals surface area contributed by atoms with Gasteiger partial charge in [0.25, 0.3) is 0 Å². The molecule has 62 heavy (non-hydrogen) atoms. The molecule has 0 aliphatic carbocycles. The lowest BCUT2D eigenvalue weighted by molar-refractivity contribution is -0.144. The van der Waals surface area contributed by atoms with Crippen molar-refractivity contribution in [2.24, 2.45) is 0 Å². The molecule has 0 fully saturated rings. The Kier molecular flexibility index (Phi) is 11.9. The predicted octanol–water partition coefficient (Wildman–Crippen LogP) is 13.5. The fourth-order valence-corrected chi connectivity index (χ4v) is 6.44. The summed E-state index contributed by atoms with van der Waals surface area (Å²) in [5.74, 6) is 0. The molecule has 0 saturated heterocycles. The summed E-state index contributed by atoms with van der Waals surface area (Å²) in [4.78, 5) is 3.06. The molecule has 5 aromatic rings. The number of alkyl halides is 18. The molecule has 0 atom stereocenters. The lowest BCUT2D eigenvalue weighted by Gasteiger charge is -2.18. The first kappa shape index (κ1) is 46.6. The summed E-state index contributed by atoms with van der Waals surface area (Å²) in [6, 6.07) is 5.87. The van der Waals surface area contributed by atoms with E-state index in [9.17, 15) is 84.3 Å². The Morgan fingerprint density at radius 2 is 0.742 bits per heavy atom. The van der Waals surface area contributed by atoms with Gasteiger partial charge < -0.3 is 0 Å². The minimum Gasteiger partial charge on any atom is -0.237 e. The second-order valence-corrected chi connectivity index (χ2v) is 13.7. The van der Waals surface area contributed by atoms with Crippen LogP contribution in [0.4, 0.5) is 79.0 Å². The van der Waals surface area contributed by atoms with Gasteiger partial charge in [-0.2, -0.15) is 84.3 Å². The molecular weight excluding hydrogens is 874 g/mol. The van der Waals surface area contributed by atoms with Crippen LogP contribution in [0, 0.1) is 31.8 Å². The van der Waals surface area contributed by atoms with E-state index in [-0.39, 0.29) is 47.5 Å². The minimum absolute atomic E-state index is 0.0294. The molecule has 0 unspecified atom stereocenters. The summed E-state index contributed by atoms with van der Waals surface area (Å²) in [6.07, 6.45) is -32.6. The molecule has 0 bridgehead atoms. The van der Waals surface area contributed by atoms with E-state index in [1.807, 2.05) is 0 Å². The number of hydrogen-bond acceptors (Lipinski definition) is 1. The van der Waals surface area contributed by atoms with Gasteiger partial charge in [0.05, 0.1) is 45.5 Å². The summed E-state index contributed by atoms with van der Waals surface area (Å²) >= 11 is 0. The molecule has 0 aliphatic heterocycles. The molecule has 0 heterocycles. The number of nitrogens with zero attached hydrogens (tertiary/aromatic N) is 2. The molecule has 0 amide bonds. The average Bonchev–Trinajstić information content (AvgIpc) is 3.12. The van der Waals surface area contributed by atoms with Crippen molar-refractivity contribution < 1.29 is 79.0 Å². The molecule has 0 N–H and O–H groups in total. The van der Waals surface area contributed by atoms with Gasteiger partial charge in [0, 0.05) is 5.22 Å². The van der Waals surface area contributed by atoms with Crippen LogP contribution in [0.1, 0.15) is 55.6 Å². The molecule has 324 valence electrons. The Bertz CT molecular complexity index is 2740. The van der Waals surface area contributed by atoms with E-state index in [1.54, 1.807) is 0 Å². The van der Waals surface area contributed by atoms with Crippen LogP contribution in [-0.4, -0.2) is 0 Å². The fraction of sp³-hybridized carbons (Fsp3) is 0.190. The first-order chi connectivity index (χ1) is 28.2. The lowest BCUT2D eigenvalue weighted by Crippen LogP contribution is -2.21. The van der Waals surface area contributed by atoms with Gasteiger partial charge in [0.2, 0.25) is 5.70 Å². The molecular formula is C42H20F18N2. The van der Waals surface area contributed by atoms with Gasteiger partial charge in [0.15, 0.2) is 0 Å². The van der Waals surface area contributed by atoms with Gasteiger partial charge in [0.1, 0.15) is 6.07 Å². The normalized spacial score (nSPS) is 14.0. The molecule has 20 heteroatoms. The van der Waals surface area contributed by atoms with Crippen LogP contribution in [0.15, 0.2) is 84.9 Å². The maximum Gasteiger partial charge on any atom is 0.416 e. The first-order valence-electron chi connectivity index (χ1n) is 16.9. The maximum absolute atomic E-state index is 14.2. The standard InChI is InChI=1S/C42H20F18N2/c1-19-4-21(8-25(6-19)37(43,44)45)32-16-33(35(18-61)22-5-20(2)7-26(9-22)38(46,47)48)31(23-10-27(39(49,50)51)14-28(11-23)40(52,53)54)17-34(32)36(62-3)24-12-29(41(55,56)57)15-30(13-24)42(58,59)60/h4-17H,1-2H3/b35-33+,36-34-. The second-order valence-electron chi connectivity index (χ2n) is 13.7. The highest BCUT2D eigenvalue weighted by Crippen LogP contribution is 2.41. The van der Waals surface area contributed by atoms with Gasteiger partial charge in [-0.25, -0.2) is 4.85 Å². The molecule has 0 spiro atoms. The highest BCUT2D eigenvalue weighted by atomic mass is 19.4. The zero-order valence-corrected chi connectivity index (χ0v) is 30.8. The van der Waals surface area contributed by atoms with Crippen LogP contribution in [0.5, 0.6) is 0 Å².